The number of benzene rings is 3. The van der Waals surface area contributed by atoms with Gasteiger partial charge in [0.15, 0.2) is 5.75 Å². The van der Waals surface area contributed by atoms with Crippen molar-refractivity contribution < 1.29 is 36.2 Å². The van der Waals surface area contributed by atoms with Crippen LogP contribution in [-0.2, 0) is 20.8 Å². The predicted octanol–water partition coefficient (Wildman–Crippen LogP) is 7.51. The molecule has 0 unspecified atom stereocenters. The summed E-state index contributed by atoms with van der Waals surface area (Å²) in [5.41, 5.74) is -0.453. The first-order valence-corrected chi connectivity index (χ1v) is 14.0. The SMILES string of the molecule is O=C(O)CSc1cc(Br)c(Oc2ccc3[nH]cc(S(=O)(=O)c4ccc(C(F)(F)F)cc4)c3c2)c(Br)c1. The van der Waals surface area contributed by atoms with E-state index < -0.39 is 27.5 Å². The predicted molar refractivity (Wildman–Crippen MR) is 135 cm³/mol. The second-order valence-corrected chi connectivity index (χ2v) is 12.1. The van der Waals surface area contributed by atoms with E-state index in [1.807, 2.05) is 0 Å². The molecule has 2 N–H and O–H groups in total. The van der Waals surface area contributed by atoms with Gasteiger partial charge in [-0.05, 0) is 86.5 Å². The van der Waals surface area contributed by atoms with Gasteiger partial charge in [0.2, 0.25) is 9.84 Å². The molecule has 4 aromatic rings. The van der Waals surface area contributed by atoms with Gasteiger partial charge in [-0.3, -0.25) is 4.79 Å². The lowest BCUT2D eigenvalue weighted by Gasteiger charge is -2.12. The van der Waals surface area contributed by atoms with E-state index in [-0.39, 0.29) is 15.5 Å². The van der Waals surface area contributed by atoms with Gasteiger partial charge in [-0.2, -0.15) is 13.2 Å². The molecule has 0 saturated carbocycles. The van der Waals surface area contributed by atoms with Crippen LogP contribution in [0.25, 0.3) is 10.9 Å². The number of aromatic amines is 1. The van der Waals surface area contributed by atoms with E-state index in [2.05, 4.69) is 36.8 Å². The first kappa shape index (κ1) is 26.6. The molecule has 3 aromatic carbocycles. The molecule has 0 bridgehead atoms. The van der Waals surface area contributed by atoms with Crippen molar-refractivity contribution >= 4 is 70.3 Å². The molecule has 0 amide bonds. The zero-order valence-corrected chi connectivity index (χ0v) is 22.6. The summed E-state index contributed by atoms with van der Waals surface area (Å²) < 4.78 is 72.0. The third-order valence-corrected chi connectivity index (χ3v) is 8.90. The fourth-order valence-corrected chi connectivity index (χ4v) is 7.06. The summed E-state index contributed by atoms with van der Waals surface area (Å²) >= 11 is 7.94. The fraction of sp³-hybridized carbons (Fsp3) is 0.0870. The topological polar surface area (TPSA) is 96.5 Å². The summed E-state index contributed by atoms with van der Waals surface area (Å²) in [5, 5.41) is 9.17. The maximum atomic E-state index is 13.2. The van der Waals surface area contributed by atoms with Gasteiger partial charge >= 0.3 is 12.1 Å². The number of aromatic nitrogens is 1. The fourth-order valence-electron chi connectivity index (χ4n) is 3.29. The van der Waals surface area contributed by atoms with E-state index in [9.17, 15) is 26.4 Å². The van der Waals surface area contributed by atoms with E-state index in [0.717, 1.165) is 36.0 Å². The monoisotopic (exact) mass is 663 g/mol. The quantitative estimate of drug-likeness (QED) is 0.199. The summed E-state index contributed by atoms with van der Waals surface area (Å²) in [5.74, 6) is -0.371. The summed E-state index contributed by atoms with van der Waals surface area (Å²) in [6.07, 6.45) is -3.30. The number of alkyl halides is 3. The Hall–Kier alpha value is -2.48. The van der Waals surface area contributed by atoms with Gasteiger partial charge in [-0.1, -0.05) is 0 Å². The van der Waals surface area contributed by atoms with Crippen LogP contribution in [0, 0.1) is 0 Å². The van der Waals surface area contributed by atoms with Crippen molar-refractivity contribution in [1.82, 2.24) is 4.98 Å². The summed E-state index contributed by atoms with van der Waals surface area (Å²) in [6, 6.07) is 11.5. The van der Waals surface area contributed by atoms with Gasteiger partial charge in [0.25, 0.3) is 0 Å². The molecule has 0 spiro atoms. The van der Waals surface area contributed by atoms with Gasteiger partial charge in [-0.15, -0.1) is 11.8 Å². The molecule has 4 rings (SSSR count). The van der Waals surface area contributed by atoms with E-state index >= 15 is 0 Å². The van der Waals surface area contributed by atoms with Crippen LogP contribution in [0.2, 0.25) is 0 Å². The number of halogens is 5. The van der Waals surface area contributed by atoms with Crippen molar-refractivity contribution in [3.05, 3.63) is 75.3 Å². The van der Waals surface area contributed by atoms with E-state index in [4.69, 9.17) is 9.84 Å². The third-order valence-electron chi connectivity index (χ3n) is 4.95. The maximum absolute atomic E-state index is 13.2. The molecule has 0 fully saturated rings. The second kappa shape index (κ2) is 10.1. The van der Waals surface area contributed by atoms with Crippen molar-refractivity contribution in [3.8, 4) is 11.5 Å². The highest BCUT2D eigenvalue weighted by Crippen LogP contribution is 2.41. The van der Waals surface area contributed by atoms with Crippen molar-refractivity contribution in [1.29, 1.82) is 0 Å². The third kappa shape index (κ3) is 5.58. The van der Waals surface area contributed by atoms with Crippen LogP contribution in [0.5, 0.6) is 11.5 Å². The lowest BCUT2D eigenvalue weighted by molar-refractivity contribution is -0.137. The minimum Gasteiger partial charge on any atom is -0.481 e. The number of rotatable bonds is 7. The summed E-state index contributed by atoms with van der Waals surface area (Å²) in [4.78, 5) is 14.0. The first-order valence-electron chi connectivity index (χ1n) is 9.91. The normalized spacial score (nSPS) is 12.1. The van der Waals surface area contributed by atoms with Crippen molar-refractivity contribution in [2.45, 2.75) is 20.9 Å². The Balaban J connectivity index is 1.67. The Labute approximate surface area is 224 Å². The molecule has 0 radical (unpaired) electrons. The van der Waals surface area contributed by atoms with E-state index in [0.29, 0.717) is 36.2 Å². The number of thioether (sulfide) groups is 1. The average Bonchev–Trinajstić information content (AvgIpc) is 3.24. The van der Waals surface area contributed by atoms with Crippen molar-refractivity contribution in [2.24, 2.45) is 0 Å². The smallest absolute Gasteiger partial charge is 0.416 e. The standard InChI is InChI=1S/C23H14Br2F3NO5S2/c24-17-8-14(35-11-21(30)31)9-18(25)22(17)34-13-3-6-19-16(7-13)20(10-29-19)36(32,33)15-4-1-12(2-5-15)23(26,27)28/h1-10,29H,11H2,(H,30,31). The number of hydrogen-bond donors (Lipinski definition) is 2. The Morgan fingerprint density at radius 2 is 1.67 bits per heavy atom. The second-order valence-electron chi connectivity index (χ2n) is 7.39. The molecule has 0 aliphatic heterocycles. The Kier molecular flexibility index (Phi) is 7.47. The van der Waals surface area contributed by atoms with Crippen LogP contribution in [0.15, 0.2) is 84.4 Å². The molecule has 36 heavy (non-hydrogen) atoms. The van der Waals surface area contributed by atoms with Gasteiger partial charge in [0.1, 0.15) is 5.75 Å². The maximum Gasteiger partial charge on any atom is 0.416 e. The largest absolute Gasteiger partial charge is 0.481 e. The Bertz CT molecular complexity index is 1550. The zero-order chi connectivity index (χ0) is 26.3. The number of sulfone groups is 1. The number of H-pyrrole nitrogens is 1. The minimum absolute atomic E-state index is 0.110. The van der Waals surface area contributed by atoms with E-state index in [1.165, 1.54) is 12.3 Å². The lowest BCUT2D eigenvalue weighted by atomic mass is 10.2. The van der Waals surface area contributed by atoms with Crippen LogP contribution in [0.3, 0.4) is 0 Å². The highest BCUT2D eigenvalue weighted by Gasteiger charge is 2.31. The lowest BCUT2D eigenvalue weighted by Crippen LogP contribution is -2.06. The molecular weight excluding hydrogens is 651 g/mol. The van der Waals surface area contributed by atoms with Crippen LogP contribution in [0.1, 0.15) is 5.56 Å². The molecule has 188 valence electrons. The van der Waals surface area contributed by atoms with Crippen LogP contribution in [0.4, 0.5) is 13.2 Å². The molecule has 6 nitrogen and oxygen atoms in total. The molecule has 1 heterocycles. The van der Waals surface area contributed by atoms with Crippen LogP contribution < -0.4 is 4.74 Å². The molecular formula is C23H14Br2F3NO5S2. The minimum atomic E-state index is -4.58. The number of ether oxygens (including phenoxy) is 1. The van der Waals surface area contributed by atoms with Crippen LogP contribution in [-0.4, -0.2) is 30.2 Å². The van der Waals surface area contributed by atoms with Gasteiger partial charge in [0, 0.05) is 22.0 Å². The van der Waals surface area contributed by atoms with Gasteiger partial charge in [0.05, 0.1) is 30.1 Å². The number of carbonyl (C=O) groups is 1. The van der Waals surface area contributed by atoms with Gasteiger partial charge < -0.3 is 14.8 Å². The van der Waals surface area contributed by atoms with Crippen molar-refractivity contribution in [2.75, 3.05) is 5.75 Å². The van der Waals surface area contributed by atoms with Crippen molar-refractivity contribution in [3.63, 3.8) is 0 Å². The van der Waals surface area contributed by atoms with E-state index in [1.54, 1.807) is 24.3 Å². The number of nitrogens with one attached hydrogen (secondary N) is 1. The molecule has 1 aromatic heterocycles. The molecule has 0 aliphatic carbocycles. The highest BCUT2D eigenvalue weighted by atomic mass is 79.9. The Morgan fingerprint density at radius 3 is 2.25 bits per heavy atom. The first-order chi connectivity index (χ1) is 16.9. The number of fused-ring (bicyclic) bond motifs is 1. The summed E-state index contributed by atoms with van der Waals surface area (Å²) in [7, 11) is -4.13. The molecule has 0 aliphatic rings. The average molecular weight is 665 g/mol. The summed E-state index contributed by atoms with van der Waals surface area (Å²) in [6.45, 7) is 0. The molecule has 13 heteroatoms. The zero-order valence-electron chi connectivity index (χ0n) is 17.8. The van der Waals surface area contributed by atoms with Crippen LogP contribution >= 0.6 is 43.6 Å². The van der Waals surface area contributed by atoms with Gasteiger partial charge in [-0.25, -0.2) is 8.42 Å². The number of carboxylic acids is 1. The number of hydrogen-bond acceptors (Lipinski definition) is 5. The highest BCUT2D eigenvalue weighted by molar-refractivity contribution is 9.11. The number of carboxylic acid groups (broad SMARTS) is 1. The molecule has 0 saturated heterocycles. The Morgan fingerprint density at radius 1 is 1.03 bits per heavy atom. The number of aliphatic carboxylic acids is 1. The molecule has 0 atom stereocenters.